The Hall–Kier alpha value is -2.41. The molecule has 0 radical (unpaired) electrons. The first-order valence-corrected chi connectivity index (χ1v) is 7.56. The molecule has 6 nitrogen and oxygen atoms in total. The van der Waals surface area contributed by atoms with Crippen LogP contribution in [0.25, 0.3) is 0 Å². The summed E-state index contributed by atoms with van der Waals surface area (Å²) in [7, 11) is 0. The maximum absolute atomic E-state index is 11.9. The Balaban J connectivity index is 1.94. The molecule has 0 spiro atoms. The number of carbonyl (C=O) groups excluding carboxylic acids is 2. The lowest BCUT2D eigenvalue weighted by atomic mass is 10.0. The van der Waals surface area contributed by atoms with Crippen LogP contribution < -0.4 is 15.8 Å². The Kier molecular flexibility index (Phi) is 5.11. The lowest BCUT2D eigenvalue weighted by Crippen LogP contribution is -2.20. The van der Waals surface area contributed by atoms with Crippen LogP contribution in [-0.4, -0.2) is 23.4 Å². The smallest absolute Gasteiger partial charge is 0.264 e. The highest BCUT2D eigenvalue weighted by Crippen LogP contribution is 2.25. The van der Waals surface area contributed by atoms with Gasteiger partial charge in [-0.15, -0.1) is 0 Å². The molecule has 0 aliphatic heterocycles. The van der Waals surface area contributed by atoms with Crippen molar-refractivity contribution in [1.82, 2.24) is 4.98 Å². The van der Waals surface area contributed by atoms with Gasteiger partial charge in [-0.1, -0.05) is 43.4 Å². The van der Waals surface area contributed by atoms with Crippen molar-refractivity contribution in [2.75, 3.05) is 11.9 Å². The number of amides is 2. The Morgan fingerprint density at radius 2 is 2.09 bits per heavy atom. The van der Waals surface area contributed by atoms with Crippen LogP contribution in [0.15, 0.2) is 30.5 Å². The van der Waals surface area contributed by atoms with Gasteiger partial charge in [0.25, 0.3) is 11.8 Å². The summed E-state index contributed by atoms with van der Waals surface area (Å²) in [4.78, 5) is 27.0. The number of nitrogens with zero attached hydrogens (tertiary/aromatic N) is 1. The van der Waals surface area contributed by atoms with Gasteiger partial charge in [0.05, 0.1) is 6.20 Å². The van der Waals surface area contributed by atoms with Crippen LogP contribution in [0, 0.1) is 0 Å². The van der Waals surface area contributed by atoms with E-state index in [1.54, 1.807) is 0 Å². The summed E-state index contributed by atoms with van der Waals surface area (Å²) in [5, 5.41) is 2.89. The second-order valence-corrected chi connectivity index (χ2v) is 5.95. The SMILES string of the molecule is CC(C)c1ccccc1OCC(=O)Nc1ncc(C(N)=O)s1. The Bertz CT molecular complexity index is 682. The minimum absolute atomic E-state index is 0.130. The van der Waals surface area contributed by atoms with Gasteiger partial charge in [-0.2, -0.15) is 0 Å². The number of nitrogens with one attached hydrogen (secondary N) is 1. The van der Waals surface area contributed by atoms with Crippen molar-refractivity contribution in [1.29, 1.82) is 0 Å². The van der Waals surface area contributed by atoms with E-state index in [-0.39, 0.29) is 12.5 Å². The molecule has 22 heavy (non-hydrogen) atoms. The van der Waals surface area contributed by atoms with Gasteiger partial charge in [0, 0.05) is 0 Å². The monoisotopic (exact) mass is 319 g/mol. The molecule has 0 unspecified atom stereocenters. The van der Waals surface area contributed by atoms with E-state index in [0.717, 1.165) is 16.9 Å². The number of thiazole rings is 1. The topological polar surface area (TPSA) is 94.3 Å². The number of aromatic nitrogens is 1. The van der Waals surface area contributed by atoms with Gasteiger partial charge in [-0.05, 0) is 17.5 Å². The molecule has 7 heteroatoms. The summed E-state index contributed by atoms with van der Waals surface area (Å²) in [5.41, 5.74) is 6.17. The van der Waals surface area contributed by atoms with E-state index in [2.05, 4.69) is 24.1 Å². The van der Waals surface area contributed by atoms with E-state index in [4.69, 9.17) is 10.5 Å². The summed E-state index contributed by atoms with van der Waals surface area (Å²) < 4.78 is 5.56. The van der Waals surface area contributed by atoms with Gasteiger partial charge in [-0.25, -0.2) is 4.98 Å². The normalized spacial score (nSPS) is 10.5. The molecular weight excluding hydrogens is 302 g/mol. The number of rotatable bonds is 6. The van der Waals surface area contributed by atoms with Gasteiger partial charge in [0.15, 0.2) is 11.7 Å². The van der Waals surface area contributed by atoms with Crippen LogP contribution in [-0.2, 0) is 4.79 Å². The first-order chi connectivity index (χ1) is 10.5. The minimum atomic E-state index is -0.569. The third kappa shape index (κ3) is 4.05. The second-order valence-electron chi connectivity index (χ2n) is 4.92. The van der Waals surface area contributed by atoms with E-state index < -0.39 is 5.91 Å². The molecule has 0 fully saturated rings. The number of benzene rings is 1. The van der Waals surface area contributed by atoms with Gasteiger partial charge in [-0.3, -0.25) is 14.9 Å². The number of hydrogen-bond acceptors (Lipinski definition) is 5. The van der Waals surface area contributed by atoms with E-state index in [1.165, 1.54) is 6.20 Å². The van der Waals surface area contributed by atoms with Crippen molar-refractivity contribution >= 4 is 28.3 Å². The van der Waals surface area contributed by atoms with Gasteiger partial charge in [0.2, 0.25) is 0 Å². The largest absolute Gasteiger partial charge is 0.483 e. The summed E-state index contributed by atoms with van der Waals surface area (Å²) in [6.45, 7) is 3.99. The first-order valence-electron chi connectivity index (χ1n) is 6.74. The fourth-order valence-electron chi connectivity index (χ4n) is 1.83. The molecule has 0 saturated carbocycles. The number of carbonyl (C=O) groups is 2. The third-order valence-electron chi connectivity index (χ3n) is 2.89. The molecular formula is C15H17N3O3S. The molecule has 0 aliphatic rings. The first kappa shape index (κ1) is 16.0. The van der Waals surface area contributed by atoms with E-state index in [9.17, 15) is 9.59 Å². The molecule has 3 N–H and O–H groups in total. The fraction of sp³-hybridized carbons (Fsp3) is 0.267. The lowest BCUT2D eigenvalue weighted by molar-refractivity contribution is -0.118. The molecule has 0 atom stereocenters. The van der Waals surface area contributed by atoms with Gasteiger partial charge in [0.1, 0.15) is 10.6 Å². The second kappa shape index (κ2) is 7.04. The third-order valence-corrected chi connectivity index (χ3v) is 3.82. The van der Waals surface area contributed by atoms with Crippen LogP contribution in [0.1, 0.15) is 35.0 Å². The van der Waals surface area contributed by atoms with Crippen molar-refractivity contribution in [3.63, 3.8) is 0 Å². The molecule has 116 valence electrons. The van der Waals surface area contributed by atoms with Crippen molar-refractivity contribution in [2.24, 2.45) is 5.73 Å². The zero-order valence-electron chi connectivity index (χ0n) is 12.3. The van der Waals surface area contributed by atoms with Crippen molar-refractivity contribution in [2.45, 2.75) is 19.8 Å². The molecule has 2 rings (SSSR count). The summed E-state index contributed by atoms with van der Waals surface area (Å²) in [5.74, 6) is 0.0741. The molecule has 2 amide bonds. The van der Waals surface area contributed by atoms with E-state index >= 15 is 0 Å². The maximum atomic E-state index is 11.9. The molecule has 1 aromatic heterocycles. The fourth-order valence-corrected chi connectivity index (χ4v) is 2.52. The predicted octanol–water partition coefficient (Wildman–Crippen LogP) is 2.38. The Morgan fingerprint density at radius 1 is 1.36 bits per heavy atom. The number of anilines is 1. The number of primary amides is 1. The van der Waals surface area contributed by atoms with E-state index in [0.29, 0.717) is 21.7 Å². The average Bonchev–Trinajstić information content (AvgIpc) is 2.94. The van der Waals surface area contributed by atoms with Crippen molar-refractivity contribution in [3.8, 4) is 5.75 Å². The van der Waals surface area contributed by atoms with Crippen molar-refractivity contribution in [3.05, 3.63) is 40.9 Å². The molecule has 2 aromatic rings. The standard InChI is InChI=1S/C15H17N3O3S/c1-9(2)10-5-3-4-6-11(10)21-8-13(19)18-15-17-7-12(22-15)14(16)20/h3-7,9H,8H2,1-2H3,(H2,16,20)(H,17,18,19). The average molecular weight is 319 g/mol. The van der Waals surface area contributed by atoms with Crippen LogP contribution >= 0.6 is 11.3 Å². The van der Waals surface area contributed by atoms with Crippen LogP contribution in [0.5, 0.6) is 5.75 Å². The number of hydrogen-bond donors (Lipinski definition) is 2. The minimum Gasteiger partial charge on any atom is -0.483 e. The Labute approximate surface area is 132 Å². The predicted molar refractivity (Wildman–Crippen MR) is 85.3 cm³/mol. The number of ether oxygens (including phenoxy) is 1. The highest BCUT2D eigenvalue weighted by Gasteiger charge is 2.12. The summed E-state index contributed by atoms with van der Waals surface area (Å²) in [6, 6.07) is 7.59. The number of nitrogens with two attached hydrogens (primary N) is 1. The lowest BCUT2D eigenvalue weighted by Gasteiger charge is -2.13. The molecule has 1 heterocycles. The van der Waals surface area contributed by atoms with E-state index in [1.807, 2.05) is 24.3 Å². The van der Waals surface area contributed by atoms with Crippen LogP contribution in [0.4, 0.5) is 5.13 Å². The van der Waals surface area contributed by atoms with Crippen LogP contribution in [0.2, 0.25) is 0 Å². The molecule has 1 aromatic carbocycles. The molecule has 0 aliphatic carbocycles. The van der Waals surface area contributed by atoms with Gasteiger partial charge >= 0.3 is 0 Å². The Morgan fingerprint density at radius 3 is 2.73 bits per heavy atom. The maximum Gasteiger partial charge on any atom is 0.264 e. The van der Waals surface area contributed by atoms with Crippen LogP contribution in [0.3, 0.4) is 0 Å². The summed E-state index contributed by atoms with van der Waals surface area (Å²) in [6.07, 6.45) is 1.33. The summed E-state index contributed by atoms with van der Waals surface area (Å²) >= 11 is 1.03. The van der Waals surface area contributed by atoms with Crippen molar-refractivity contribution < 1.29 is 14.3 Å². The zero-order chi connectivity index (χ0) is 16.1. The quantitative estimate of drug-likeness (QED) is 0.854. The molecule has 0 bridgehead atoms. The number of para-hydroxylation sites is 1. The highest BCUT2D eigenvalue weighted by atomic mass is 32.1. The van der Waals surface area contributed by atoms with Gasteiger partial charge < -0.3 is 10.5 Å². The highest BCUT2D eigenvalue weighted by molar-refractivity contribution is 7.17. The zero-order valence-corrected chi connectivity index (χ0v) is 13.1. The molecule has 0 saturated heterocycles.